The molecular weight excluding hydrogens is 284 g/mol. The van der Waals surface area contributed by atoms with E-state index < -0.39 is 0 Å². The van der Waals surface area contributed by atoms with E-state index in [1.807, 2.05) is 67.6 Å². The maximum absolute atomic E-state index is 10.3. The van der Waals surface area contributed by atoms with Crippen LogP contribution in [-0.4, -0.2) is 10.2 Å². The van der Waals surface area contributed by atoms with Gasteiger partial charge in [-0.25, -0.2) is 0 Å². The molecule has 0 amide bonds. The van der Waals surface area contributed by atoms with Crippen LogP contribution in [0.3, 0.4) is 0 Å². The van der Waals surface area contributed by atoms with E-state index in [-0.39, 0.29) is 5.75 Å². The van der Waals surface area contributed by atoms with Crippen molar-refractivity contribution < 1.29 is 10.2 Å². The molecule has 0 saturated heterocycles. The lowest BCUT2D eigenvalue weighted by Gasteiger charge is -2.14. The van der Waals surface area contributed by atoms with Crippen molar-refractivity contribution in [1.82, 2.24) is 0 Å². The van der Waals surface area contributed by atoms with Crippen LogP contribution in [0.5, 0.6) is 11.5 Å². The van der Waals surface area contributed by atoms with Gasteiger partial charge in [0.1, 0.15) is 11.5 Å². The Morgan fingerprint density at radius 2 is 1.17 bits per heavy atom. The highest BCUT2D eigenvalue weighted by atomic mass is 16.3. The van der Waals surface area contributed by atoms with Crippen LogP contribution in [0.4, 0.5) is 0 Å². The lowest BCUT2D eigenvalue weighted by atomic mass is 9.91. The first-order valence-electron chi connectivity index (χ1n) is 7.59. The number of hydrogen-bond donors (Lipinski definition) is 2. The number of benzene rings is 4. The van der Waals surface area contributed by atoms with Gasteiger partial charge in [0.15, 0.2) is 0 Å². The largest absolute Gasteiger partial charge is 0.507 e. The molecule has 0 radical (unpaired) electrons. The highest BCUT2D eigenvalue weighted by Gasteiger charge is 2.13. The van der Waals surface area contributed by atoms with Gasteiger partial charge in [0, 0.05) is 10.8 Å². The molecule has 0 saturated carbocycles. The van der Waals surface area contributed by atoms with Gasteiger partial charge in [-0.2, -0.15) is 0 Å². The fourth-order valence-corrected chi connectivity index (χ4v) is 3.24. The Morgan fingerprint density at radius 1 is 0.609 bits per heavy atom. The summed E-state index contributed by atoms with van der Waals surface area (Å²) in [5.41, 5.74) is 2.96. The van der Waals surface area contributed by atoms with Crippen molar-refractivity contribution in [3.63, 3.8) is 0 Å². The minimum Gasteiger partial charge on any atom is -0.507 e. The maximum Gasteiger partial charge on any atom is 0.126 e. The number of aromatic hydroxyl groups is 2. The van der Waals surface area contributed by atoms with Gasteiger partial charge in [0.05, 0.1) is 0 Å². The standard InChI is InChI=1S/C21H16O2/c1-13-12-19(15-7-3-5-9-18(15)21(13)23)16-10-11-20(22)17-8-4-2-6-14(16)17/h2-12,22-23H,1H3. The zero-order chi connectivity index (χ0) is 16.0. The van der Waals surface area contributed by atoms with Crippen LogP contribution in [0.1, 0.15) is 5.56 Å². The third kappa shape index (κ3) is 2.03. The predicted octanol–water partition coefficient (Wildman–Crippen LogP) is 5.38. The highest BCUT2D eigenvalue weighted by molar-refractivity contribution is 6.08. The Labute approximate surface area is 134 Å². The molecule has 23 heavy (non-hydrogen) atoms. The van der Waals surface area contributed by atoms with Crippen LogP contribution in [0.15, 0.2) is 66.7 Å². The minimum atomic E-state index is 0.282. The average Bonchev–Trinajstić information content (AvgIpc) is 2.59. The topological polar surface area (TPSA) is 40.5 Å². The summed E-state index contributed by atoms with van der Waals surface area (Å²) in [6.45, 7) is 1.91. The first-order chi connectivity index (χ1) is 11.2. The molecule has 112 valence electrons. The molecule has 2 N–H and O–H groups in total. The highest BCUT2D eigenvalue weighted by Crippen LogP contribution is 2.40. The first kappa shape index (κ1) is 13.6. The molecule has 4 aromatic rings. The van der Waals surface area contributed by atoms with E-state index in [9.17, 15) is 10.2 Å². The molecule has 0 aromatic heterocycles. The summed E-state index contributed by atoms with van der Waals surface area (Å²) in [4.78, 5) is 0. The van der Waals surface area contributed by atoms with Crippen molar-refractivity contribution in [1.29, 1.82) is 0 Å². The van der Waals surface area contributed by atoms with Crippen LogP contribution in [0.25, 0.3) is 32.7 Å². The molecule has 4 rings (SSSR count). The summed E-state index contributed by atoms with van der Waals surface area (Å²) in [7, 11) is 0. The molecule has 0 aliphatic rings. The summed E-state index contributed by atoms with van der Waals surface area (Å²) in [6, 6.07) is 21.4. The van der Waals surface area contributed by atoms with E-state index in [1.165, 1.54) is 0 Å². The SMILES string of the molecule is Cc1cc(-c2ccc(O)c3ccccc23)c2ccccc2c1O. The Bertz CT molecular complexity index is 1050. The molecule has 0 bridgehead atoms. The summed E-state index contributed by atoms with van der Waals surface area (Å²) < 4.78 is 0. The van der Waals surface area contributed by atoms with E-state index in [1.54, 1.807) is 6.07 Å². The second kappa shape index (κ2) is 5.03. The zero-order valence-corrected chi connectivity index (χ0v) is 12.7. The van der Waals surface area contributed by atoms with E-state index in [2.05, 4.69) is 0 Å². The van der Waals surface area contributed by atoms with E-state index in [0.717, 1.165) is 38.2 Å². The summed E-state index contributed by atoms with van der Waals surface area (Å²) in [6.07, 6.45) is 0. The Kier molecular flexibility index (Phi) is 2.98. The average molecular weight is 300 g/mol. The van der Waals surface area contributed by atoms with Crippen molar-refractivity contribution in [2.45, 2.75) is 6.92 Å². The predicted molar refractivity (Wildman–Crippen MR) is 95.0 cm³/mol. The van der Waals surface area contributed by atoms with Gasteiger partial charge in [-0.05, 0) is 46.5 Å². The quantitative estimate of drug-likeness (QED) is 0.495. The fourth-order valence-electron chi connectivity index (χ4n) is 3.24. The van der Waals surface area contributed by atoms with Gasteiger partial charge in [-0.1, -0.05) is 54.6 Å². The Hall–Kier alpha value is -3.00. The molecule has 2 nitrogen and oxygen atoms in total. The molecule has 0 heterocycles. The van der Waals surface area contributed by atoms with Gasteiger partial charge in [-0.3, -0.25) is 0 Å². The van der Waals surface area contributed by atoms with Crippen molar-refractivity contribution in [2.75, 3.05) is 0 Å². The van der Waals surface area contributed by atoms with E-state index in [0.29, 0.717) is 5.75 Å². The van der Waals surface area contributed by atoms with Gasteiger partial charge < -0.3 is 10.2 Å². The number of phenols is 2. The van der Waals surface area contributed by atoms with E-state index in [4.69, 9.17) is 0 Å². The molecular formula is C21H16O2. The molecule has 0 aliphatic heterocycles. The Morgan fingerprint density at radius 3 is 1.87 bits per heavy atom. The lowest BCUT2D eigenvalue weighted by molar-refractivity contribution is 0.477. The maximum atomic E-state index is 10.3. The van der Waals surface area contributed by atoms with Crippen LogP contribution in [0.2, 0.25) is 0 Å². The summed E-state index contributed by atoms with van der Waals surface area (Å²) in [5.74, 6) is 0.608. The van der Waals surface area contributed by atoms with Gasteiger partial charge in [0.25, 0.3) is 0 Å². The first-order valence-corrected chi connectivity index (χ1v) is 7.59. The van der Waals surface area contributed by atoms with Gasteiger partial charge in [0.2, 0.25) is 0 Å². The van der Waals surface area contributed by atoms with Crippen LogP contribution in [-0.2, 0) is 0 Å². The number of aryl methyl sites for hydroxylation is 1. The van der Waals surface area contributed by atoms with Crippen LogP contribution >= 0.6 is 0 Å². The number of hydrogen-bond acceptors (Lipinski definition) is 2. The number of rotatable bonds is 1. The minimum absolute atomic E-state index is 0.282. The van der Waals surface area contributed by atoms with Crippen molar-refractivity contribution in [3.8, 4) is 22.6 Å². The van der Waals surface area contributed by atoms with Crippen molar-refractivity contribution >= 4 is 21.5 Å². The molecule has 0 unspecified atom stereocenters. The van der Waals surface area contributed by atoms with Gasteiger partial charge in [-0.15, -0.1) is 0 Å². The fraction of sp³-hybridized carbons (Fsp3) is 0.0476. The molecule has 0 atom stereocenters. The summed E-state index contributed by atoms with van der Waals surface area (Å²) >= 11 is 0. The molecule has 0 fully saturated rings. The van der Waals surface area contributed by atoms with Crippen molar-refractivity contribution in [2.24, 2.45) is 0 Å². The lowest BCUT2D eigenvalue weighted by Crippen LogP contribution is -1.87. The van der Waals surface area contributed by atoms with Crippen molar-refractivity contribution in [3.05, 3.63) is 72.3 Å². The van der Waals surface area contributed by atoms with Gasteiger partial charge >= 0.3 is 0 Å². The monoisotopic (exact) mass is 300 g/mol. The number of phenolic OH excluding ortho intramolecular Hbond substituents is 2. The second-order valence-electron chi connectivity index (χ2n) is 5.81. The summed E-state index contributed by atoms with van der Waals surface area (Å²) in [5, 5.41) is 24.2. The normalized spacial score (nSPS) is 11.2. The number of fused-ring (bicyclic) bond motifs is 2. The second-order valence-corrected chi connectivity index (χ2v) is 5.81. The molecule has 0 aliphatic carbocycles. The smallest absolute Gasteiger partial charge is 0.126 e. The third-order valence-electron chi connectivity index (χ3n) is 4.40. The van der Waals surface area contributed by atoms with Crippen LogP contribution in [0, 0.1) is 6.92 Å². The van der Waals surface area contributed by atoms with Crippen LogP contribution < -0.4 is 0 Å². The molecule has 2 heteroatoms. The zero-order valence-electron chi connectivity index (χ0n) is 12.7. The third-order valence-corrected chi connectivity index (χ3v) is 4.40. The molecule has 0 spiro atoms. The molecule has 4 aromatic carbocycles. The Balaban J connectivity index is 2.16. The van der Waals surface area contributed by atoms with E-state index >= 15 is 0 Å².